The molecule has 0 atom stereocenters. The third kappa shape index (κ3) is 5.26. The van der Waals surface area contributed by atoms with E-state index in [2.05, 4.69) is 44.0 Å². The van der Waals surface area contributed by atoms with Crippen molar-refractivity contribution in [3.63, 3.8) is 0 Å². The molecule has 1 aliphatic heterocycles. The number of carbonyl (C=O) groups is 1. The average molecular weight is 542 g/mol. The number of fused-ring (bicyclic) bond motifs is 1. The number of benzene rings is 1. The van der Waals surface area contributed by atoms with Gasteiger partial charge in [0.05, 0.1) is 19.1 Å². The molecule has 1 aromatic carbocycles. The van der Waals surface area contributed by atoms with Crippen LogP contribution in [-0.4, -0.2) is 77.5 Å². The van der Waals surface area contributed by atoms with Crippen LogP contribution in [0.15, 0.2) is 51.5 Å². The second kappa shape index (κ2) is 11.1. The second-order valence-corrected chi connectivity index (χ2v) is 9.68. The van der Waals surface area contributed by atoms with E-state index >= 15 is 0 Å². The summed E-state index contributed by atoms with van der Waals surface area (Å²) in [5.41, 5.74) is 1.43. The van der Waals surface area contributed by atoms with Gasteiger partial charge in [-0.3, -0.25) is 9.54 Å². The number of carbonyl (C=O) groups excluding carboxylic acids is 1. The van der Waals surface area contributed by atoms with Crippen LogP contribution in [0.5, 0.6) is 5.75 Å². The standard InChI is InChI=1S/C24H27N7O6S/c1-5-11-30(12-6-2)15-7-8-17(19(13-15)36-3)26-20-21(24(32)37-4)29-31-22(27-28-23(20)31)18-14-16(9-10-25-18)38(33,34)35/h7-10,13-14H,5-6,11-12H2,1-4H3,(H,33,34,35). The summed E-state index contributed by atoms with van der Waals surface area (Å²) in [4.78, 5) is 23.2. The van der Waals surface area contributed by atoms with Gasteiger partial charge in [0.2, 0.25) is 11.6 Å². The molecule has 0 saturated heterocycles. The van der Waals surface area contributed by atoms with Crippen molar-refractivity contribution in [2.75, 3.05) is 32.2 Å². The Bertz CT molecular complexity index is 1520. The van der Waals surface area contributed by atoms with Crippen molar-refractivity contribution in [2.24, 2.45) is 10.1 Å². The highest BCUT2D eigenvalue weighted by atomic mass is 32.2. The molecule has 2 aromatic heterocycles. The first-order valence-corrected chi connectivity index (χ1v) is 13.2. The molecule has 0 spiro atoms. The van der Waals surface area contributed by atoms with Crippen LogP contribution in [0.3, 0.4) is 0 Å². The Morgan fingerprint density at radius 3 is 2.42 bits per heavy atom. The van der Waals surface area contributed by atoms with E-state index < -0.39 is 16.1 Å². The van der Waals surface area contributed by atoms with E-state index in [-0.39, 0.29) is 33.7 Å². The largest absolute Gasteiger partial charge is 0.494 e. The number of esters is 1. The monoisotopic (exact) mass is 541 g/mol. The normalized spacial score (nSPS) is 13.8. The van der Waals surface area contributed by atoms with Gasteiger partial charge in [0, 0.05) is 31.0 Å². The predicted octanol–water partition coefficient (Wildman–Crippen LogP) is 2.73. The lowest BCUT2D eigenvalue weighted by atomic mass is 10.2. The summed E-state index contributed by atoms with van der Waals surface area (Å²) in [6.07, 6.45) is 3.18. The Hall–Kier alpha value is -4.17. The molecule has 1 N–H and O–H groups in total. The minimum absolute atomic E-state index is 0.0363. The zero-order valence-electron chi connectivity index (χ0n) is 21.3. The van der Waals surface area contributed by atoms with E-state index in [1.165, 1.54) is 25.1 Å². The fraction of sp³-hybridized carbons (Fsp3) is 0.333. The molecule has 3 aromatic rings. The molecule has 0 unspecified atom stereocenters. The maximum absolute atomic E-state index is 12.6. The number of aromatic nitrogens is 4. The molecule has 3 heterocycles. The highest BCUT2D eigenvalue weighted by Gasteiger charge is 2.34. The Kier molecular flexibility index (Phi) is 7.83. The lowest BCUT2D eigenvalue weighted by Crippen LogP contribution is -2.25. The quantitative estimate of drug-likeness (QED) is 0.298. The molecule has 13 nitrogen and oxygen atoms in total. The number of nitrogens with zero attached hydrogens (tertiary/aromatic N) is 7. The molecule has 0 fully saturated rings. The number of ether oxygens (including phenoxy) is 2. The molecule has 4 rings (SSSR count). The lowest BCUT2D eigenvalue weighted by Gasteiger charge is -2.24. The van der Waals surface area contributed by atoms with Gasteiger partial charge in [0.15, 0.2) is 5.71 Å². The van der Waals surface area contributed by atoms with Crippen molar-refractivity contribution in [1.29, 1.82) is 0 Å². The maximum Gasteiger partial charge on any atom is 0.360 e. The van der Waals surface area contributed by atoms with Gasteiger partial charge >= 0.3 is 5.97 Å². The summed E-state index contributed by atoms with van der Waals surface area (Å²) in [6, 6.07) is 7.85. The van der Waals surface area contributed by atoms with Crippen molar-refractivity contribution in [1.82, 2.24) is 19.9 Å². The lowest BCUT2D eigenvalue weighted by molar-refractivity contribution is -0.132. The summed E-state index contributed by atoms with van der Waals surface area (Å²) in [7, 11) is -1.74. The van der Waals surface area contributed by atoms with E-state index in [1.807, 2.05) is 12.1 Å². The van der Waals surface area contributed by atoms with E-state index in [0.717, 1.165) is 43.8 Å². The first kappa shape index (κ1) is 26.9. The summed E-state index contributed by atoms with van der Waals surface area (Å²) in [6.45, 7) is 6.02. The second-order valence-electron chi connectivity index (χ2n) is 8.25. The molecule has 38 heavy (non-hydrogen) atoms. The fourth-order valence-corrected chi connectivity index (χ4v) is 4.45. The van der Waals surface area contributed by atoms with Gasteiger partial charge in [0.25, 0.3) is 10.1 Å². The SMILES string of the molecule is CCCN(CCC)c1ccc(N=C2C(C(=O)OC)=Nn3c2nnc3-c2cc(S(=O)(=O)O)ccn2)c(OC)c1. The Morgan fingerprint density at radius 1 is 1.08 bits per heavy atom. The van der Waals surface area contributed by atoms with Crippen molar-refractivity contribution in [3.8, 4) is 17.3 Å². The summed E-state index contributed by atoms with van der Waals surface area (Å²) in [5, 5.41) is 12.5. The van der Waals surface area contributed by atoms with Crippen molar-refractivity contribution in [2.45, 2.75) is 31.6 Å². The number of hydrogen-bond donors (Lipinski definition) is 1. The summed E-state index contributed by atoms with van der Waals surface area (Å²) in [5.74, 6) is -0.122. The van der Waals surface area contributed by atoms with E-state index in [0.29, 0.717) is 11.4 Å². The van der Waals surface area contributed by atoms with Crippen LogP contribution in [0.4, 0.5) is 11.4 Å². The van der Waals surface area contributed by atoms with Gasteiger partial charge in [-0.05, 0) is 37.1 Å². The van der Waals surface area contributed by atoms with Gasteiger partial charge in [-0.15, -0.1) is 10.2 Å². The van der Waals surface area contributed by atoms with E-state index in [9.17, 15) is 17.8 Å². The van der Waals surface area contributed by atoms with Crippen molar-refractivity contribution < 1.29 is 27.2 Å². The molecule has 0 radical (unpaired) electrons. The number of aliphatic imine (C=N–C) groups is 1. The fourth-order valence-electron chi connectivity index (χ4n) is 3.95. The molecule has 14 heteroatoms. The third-order valence-electron chi connectivity index (χ3n) is 5.66. The maximum atomic E-state index is 12.6. The summed E-state index contributed by atoms with van der Waals surface area (Å²) >= 11 is 0. The van der Waals surface area contributed by atoms with Crippen molar-refractivity contribution in [3.05, 3.63) is 42.4 Å². The molecule has 0 bridgehead atoms. The van der Waals surface area contributed by atoms with Crippen LogP contribution in [0.25, 0.3) is 11.5 Å². The van der Waals surface area contributed by atoms with Gasteiger partial charge in [0.1, 0.15) is 22.8 Å². The van der Waals surface area contributed by atoms with E-state index in [1.54, 1.807) is 6.07 Å². The van der Waals surface area contributed by atoms with Crippen LogP contribution in [0.1, 0.15) is 32.5 Å². The average Bonchev–Trinajstić information content (AvgIpc) is 3.48. The highest BCUT2D eigenvalue weighted by Crippen LogP contribution is 2.34. The Morgan fingerprint density at radius 2 is 1.79 bits per heavy atom. The zero-order valence-corrected chi connectivity index (χ0v) is 22.1. The van der Waals surface area contributed by atoms with Crippen LogP contribution in [0.2, 0.25) is 0 Å². The van der Waals surface area contributed by atoms with Gasteiger partial charge < -0.3 is 14.4 Å². The number of rotatable bonds is 10. The number of hydrogen-bond acceptors (Lipinski definition) is 11. The molecule has 200 valence electrons. The number of anilines is 1. The van der Waals surface area contributed by atoms with Crippen molar-refractivity contribution >= 4 is 38.9 Å². The van der Waals surface area contributed by atoms with Gasteiger partial charge in [-0.1, -0.05) is 13.8 Å². The number of pyridine rings is 1. The van der Waals surface area contributed by atoms with Crippen LogP contribution >= 0.6 is 0 Å². The molecule has 1 aliphatic rings. The number of methoxy groups -OCH3 is 2. The summed E-state index contributed by atoms with van der Waals surface area (Å²) < 4.78 is 44.3. The van der Waals surface area contributed by atoms with Crippen LogP contribution in [-0.2, 0) is 19.6 Å². The minimum Gasteiger partial charge on any atom is -0.494 e. The molecule has 0 amide bonds. The first-order chi connectivity index (χ1) is 18.2. The van der Waals surface area contributed by atoms with Gasteiger partial charge in [-0.2, -0.15) is 18.2 Å². The first-order valence-electron chi connectivity index (χ1n) is 11.8. The Balaban J connectivity index is 1.81. The van der Waals surface area contributed by atoms with Crippen LogP contribution in [0, 0.1) is 0 Å². The molecule has 0 aliphatic carbocycles. The minimum atomic E-state index is -4.48. The molecular weight excluding hydrogens is 514 g/mol. The third-order valence-corrected chi connectivity index (χ3v) is 6.51. The topological polar surface area (TPSA) is 161 Å². The molecular formula is C24H27N7O6S. The van der Waals surface area contributed by atoms with Gasteiger partial charge in [-0.25, -0.2) is 9.79 Å². The zero-order chi connectivity index (χ0) is 27.4. The predicted molar refractivity (Wildman–Crippen MR) is 140 cm³/mol. The van der Waals surface area contributed by atoms with E-state index in [4.69, 9.17) is 9.47 Å². The van der Waals surface area contributed by atoms with Crippen LogP contribution < -0.4 is 9.64 Å². The highest BCUT2D eigenvalue weighted by molar-refractivity contribution is 7.85. The Labute approximate surface area is 219 Å². The smallest absolute Gasteiger partial charge is 0.360 e. The molecule has 0 saturated carbocycles.